The molecule has 0 unspecified atom stereocenters. The third-order valence-electron chi connectivity index (χ3n) is 3.04. The van der Waals surface area contributed by atoms with E-state index >= 15 is 0 Å². The van der Waals surface area contributed by atoms with E-state index in [-0.39, 0.29) is 12.5 Å². The summed E-state index contributed by atoms with van der Waals surface area (Å²) in [6, 6.07) is 6.67. The smallest absolute Gasteiger partial charge is 0.258 e. The maximum atomic E-state index is 11.7. The molecule has 2 rings (SSSR count). The Bertz CT molecular complexity index is 473. The van der Waals surface area contributed by atoms with Crippen molar-refractivity contribution in [1.82, 2.24) is 10.6 Å². The Morgan fingerprint density at radius 3 is 2.85 bits per heavy atom. The zero-order valence-corrected chi connectivity index (χ0v) is 13.5. The highest BCUT2D eigenvalue weighted by atomic mass is 79.9. The summed E-state index contributed by atoms with van der Waals surface area (Å²) in [5, 5.41) is 6.28. The fraction of sp³-hybridized carbons (Fsp3) is 0.533. The van der Waals surface area contributed by atoms with Gasteiger partial charge in [0.05, 0.1) is 4.47 Å². The number of rotatable bonds is 7. The molecule has 1 aliphatic rings. The third kappa shape index (κ3) is 4.80. The highest BCUT2D eigenvalue weighted by molar-refractivity contribution is 9.10. The summed E-state index contributed by atoms with van der Waals surface area (Å²) in [5.74, 6) is 0.692. The highest BCUT2D eigenvalue weighted by Crippen LogP contribution is 2.29. The van der Waals surface area contributed by atoms with Crippen molar-refractivity contribution in [2.75, 3.05) is 6.61 Å². The monoisotopic (exact) mass is 340 g/mol. The van der Waals surface area contributed by atoms with Crippen molar-refractivity contribution in [3.05, 3.63) is 28.2 Å². The second-order valence-corrected chi connectivity index (χ2v) is 6.25. The van der Waals surface area contributed by atoms with Gasteiger partial charge in [-0.25, -0.2) is 0 Å². The maximum Gasteiger partial charge on any atom is 0.258 e. The predicted octanol–water partition coefficient (Wildman–Crippen LogP) is 2.60. The van der Waals surface area contributed by atoms with Crippen LogP contribution in [0.4, 0.5) is 0 Å². The molecular weight excluding hydrogens is 320 g/mol. The van der Waals surface area contributed by atoms with Gasteiger partial charge in [-0.05, 0) is 34.8 Å². The van der Waals surface area contributed by atoms with Gasteiger partial charge in [0.2, 0.25) is 0 Å². The minimum absolute atomic E-state index is 0.0500. The third-order valence-corrected chi connectivity index (χ3v) is 3.66. The molecule has 0 radical (unpaired) electrons. The number of para-hydroxylation sites is 1. The highest BCUT2D eigenvalue weighted by Gasteiger charge is 2.23. The molecule has 0 bridgehead atoms. The van der Waals surface area contributed by atoms with Crippen LogP contribution in [0.5, 0.6) is 5.75 Å². The molecule has 0 spiro atoms. The SMILES string of the molecule is CC(C)NCc1cccc(Br)c1OCC(=O)NC1CC1. The van der Waals surface area contributed by atoms with E-state index in [4.69, 9.17) is 4.74 Å². The predicted molar refractivity (Wildman–Crippen MR) is 82.8 cm³/mol. The number of nitrogens with one attached hydrogen (secondary N) is 2. The Labute approximate surface area is 128 Å². The van der Waals surface area contributed by atoms with E-state index in [1.54, 1.807) is 0 Å². The van der Waals surface area contributed by atoms with Crippen molar-refractivity contribution in [2.45, 2.75) is 45.3 Å². The molecule has 0 atom stereocenters. The summed E-state index contributed by atoms with van der Waals surface area (Å²) in [7, 11) is 0. The first-order valence-electron chi connectivity index (χ1n) is 6.99. The van der Waals surface area contributed by atoms with Gasteiger partial charge < -0.3 is 15.4 Å². The van der Waals surface area contributed by atoms with Crippen molar-refractivity contribution in [3.63, 3.8) is 0 Å². The Morgan fingerprint density at radius 2 is 2.20 bits per heavy atom. The van der Waals surface area contributed by atoms with Gasteiger partial charge in [-0.1, -0.05) is 26.0 Å². The van der Waals surface area contributed by atoms with Crippen LogP contribution in [0.15, 0.2) is 22.7 Å². The van der Waals surface area contributed by atoms with E-state index in [9.17, 15) is 4.79 Å². The summed E-state index contributed by atoms with van der Waals surface area (Å²) in [5.41, 5.74) is 1.05. The zero-order valence-electron chi connectivity index (χ0n) is 11.9. The van der Waals surface area contributed by atoms with E-state index < -0.39 is 0 Å². The number of halogens is 1. The van der Waals surface area contributed by atoms with Crippen LogP contribution in [0.3, 0.4) is 0 Å². The molecule has 110 valence electrons. The average Bonchev–Trinajstić information content (AvgIpc) is 3.19. The molecule has 4 nitrogen and oxygen atoms in total. The van der Waals surface area contributed by atoms with Crippen molar-refractivity contribution < 1.29 is 9.53 Å². The molecule has 1 amide bonds. The van der Waals surface area contributed by atoms with Gasteiger partial charge in [-0.2, -0.15) is 0 Å². The number of hydrogen-bond acceptors (Lipinski definition) is 3. The van der Waals surface area contributed by atoms with Gasteiger partial charge in [0.25, 0.3) is 5.91 Å². The van der Waals surface area contributed by atoms with Gasteiger partial charge in [0.1, 0.15) is 5.75 Å². The summed E-state index contributed by atoms with van der Waals surface area (Å²) in [6.45, 7) is 4.98. The molecule has 1 aromatic carbocycles. The molecule has 2 N–H and O–H groups in total. The lowest BCUT2D eigenvalue weighted by Crippen LogP contribution is -2.31. The largest absolute Gasteiger partial charge is 0.482 e. The second-order valence-electron chi connectivity index (χ2n) is 5.39. The first-order valence-corrected chi connectivity index (χ1v) is 7.78. The summed E-state index contributed by atoms with van der Waals surface area (Å²) < 4.78 is 6.57. The number of carbonyl (C=O) groups is 1. The number of carbonyl (C=O) groups excluding carboxylic acids is 1. The lowest BCUT2D eigenvalue weighted by Gasteiger charge is -2.15. The molecule has 0 saturated heterocycles. The lowest BCUT2D eigenvalue weighted by atomic mass is 10.2. The molecule has 0 heterocycles. The zero-order chi connectivity index (χ0) is 14.5. The Balaban J connectivity index is 1.95. The Hall–Kier alpha value is -1.07. The van der Waals surface area contributed by atoms with E-state index in [1.165, 1.54) is 0 Å². The van der Waals surface area contributed by atoms with Crippen LogP contribution in [0.2, 0.25) is 0 Å². The van der Waals surface area contributed by atoms with Gasteiger partial charge in [-0.3, -0.25) is 4.79 Å². The standard InChI is InChI=1S/C15H21BrN2O2/c1-10(2)17-8-11-4-3-5-13(16)15(11)20-9-14(19)18-12-6-7-12/h3-5,10,12,17H,6-9H2,1-2H3,(H,18,19). The second kappa shape index (κ2) is 7.09. The summed E-state index contributed by atoms with van der Waals surface area (Å²) >= 11 is 3.48. The van der Waals surface area contributed by atoms with E-state index in [0.29, 0.717) is 12.1 Å². The number of hydrogen-bond donors (Lipinski definition) is 2. The van der Waals surface area contributed by atoms with Crippen molar-refractivity contribution >= 4 is 21.8 Å². The minimum atomic E-state index is -0.0500. The van der Waals surface area contributed by atoms with Gasteiger partial charge in [0, 0.05) is 24.2 Å². The van der Waals surface area contributed by atoms with Crippen LogP contribution in [0.1, 0.15) is 32.3 Å². The van der Waals surface area contributed by atoms with Crippen LogP contribution >= 0.6 is 15.9 Å². The molecule has 5 heteroatoms. The number of ether oxygens (including phenoxy) is 1. The summed E-state index contributed by atoms with van der Waals surface area (Å²) in [4.78, 5) is 11.7. The average molecular weight is 341 g/mol. The summed E-state index contributed by atoms with van der Waals surface area (Å²) in [6.07, 6.45) is 2.18. The maximum absolute atomic E-state index is 11.7. The van der Waals surface area contributed by atoms with Crippen molar-refractivity contribution in [2.24, 2.45) is 0 Å². The first kappa shape index (κ1) is 15.3. The normalized spacial score (nSPS) is 14.4. The van der Waals surface area contributed by atoms with E-state index in [1.807, 2.05) is 18.2 Å². The molecular formula is C15H21BrN2O2. The topological polar surface area (TPSA) is 50.4 Å². The van der Waals surface area contributed by atoms with E-state index in [2.05, 4.69) is 40.4 Å². The van der Waals surface area contributed by atoms with Crippen LogP contribution in [-0.4, -0.2) is 24.6 Å². The van der Waals surface area contributed by atoms with Crippen LogP contribution in [0, 0.1) is 0 Å². The quantitative estimate of drug-likeness (QED) is 0.802. The van der Waals surface area contributed by atoms with Crippen molar-refractivity contribution in [3.8, 4) is 5.75 Å². The Morgan fingerprint density at radius 1 is 1.45 bits per heavy atom. The fourth-order valence-electron chi connectivity index (χ4n) is 1.80. The molecule has 1 fully saturated rings. The Kier molecular flexibility index (Phi) is 5.43. The first-order chi connectivity index (χ1) is 9.56. The van der Waals surface area contributed by atoms with Crippen LogP contribution in [0.25, 0.3) is 0 Å². The molecule has 1 aromatic rings. The molecule has 1 saturated carbocycles. The minimum Gasteiger partial charge on any atom is -0.482 e. The fourth-order valence-corrected chi connectivity index (χ4v) is 2.32. The van der Waals surface area contributed by atoms with E-state index in [0.717, 1.165) is 35.2 Å². The number of amides is 1. The van der Waals surface area contributed by atoms with Crippen molar-refractivity contribution in [1.29, 1.82) is 0 Å². The molecule has 0 aromatic heterocycles. The van der Waals surface area contributed by atoms with Crippen LogP contribution < -0.4 is 15.4 Å². The van der Waals surface area contributed by atoms with Gasteiger partial charge in [0.15, 0.2) is 6.61 Å². The van der Waals surface area contributed by atoms with Gasteiger partial charge in [-0.15, -0.1) is 0 Å². The van der Waals surface area contributed by atoms with Crippen LogP contribution in [-0.2, 0) is 11.3 Å². The molecule has 0 aliphatic heterocycles. The lowest BCUT2D eigenvalue weighted by molar-refractivity contribution is -0.123. The van der Waals surface area contributed by atoms with Gasteiger partial charge >= 0.3 is 0 Å². The molecule has 1 aliphatic carbocycles. The number of benzene rings is 1. The molecule has 20 heavy (non-hydrogen) atoms.